The van der Waals surface area contributed by atoms with Gasteiger partial charge in [0.15, 0.2) is 0 Å². The van der Waals surface area contributed by atoms with Gasteiger partial charge in [-0.25, -0.2) is 0 Å². The van der Waals surface area contributed by atoms with Crippen molar-refractivity contribution in [2.24, 2.45) is 5.11 Å². The SMILES string of the molecule is [N-]=[N+]=Nc1ccc(CCCCO)c([N+](=O)[O-])c1. The summed E-state index contributed by atoms with van der Waals surface area (Å²) in [5.41, 5.74) is 9.01. The number of nitro groups is 1. The highest BCUT2D eigenvalue weighted by atomic mass is 16.6. The van der Waals surface area contributed by atoms with Gasteiger partial charge in [-0.1, -0.05) is 17.2 Å². The van der Waals surface area contributed by atoms with Crippen molar-refractivity contribution >= 4 is 11.4 Å². The van der Waals surface area contributed by atoms with Crippen molar-refractivity contribution in [3.8, 4) is 0 Å². The molecule has 0 aliphatic carbocycles. The van der Waals surface area contributed by atoms with E-state index < -0.39 is 4.92 Å². The summed E-state index contributed by atoms with van der Waals surface area (Å²) in [6.07, 6.45) is 1.81. The predicted octanol–water partition coefficient (Wildman–Crippen LogP) is 2.85. The lowest BCUT2D eigenvalue weighted by molar-refractivity contribution is -0.385. The molecule has 90 valence electrons. The number of nitro benzene ring substituents is 1. The predicted molar refractivity (Wildman–Crippen MR) is 61.9 cm³/mol. The third-order valence-corrected chi connectivity index (χ3v) is 2.28. The number of aliphatic hydroxyl groups is 1. The van der Waals surface area contributed by atoms with E-state index in [9.17, 15) is 10.1 Å². The molecule has 7 nitrogen and oxygen atoms in total. The van der Waals surface area contributed by atoms with Gasteiger partial charge in [0.05, 0.1) is 4.92 Å². The first-order valence-corrected chi connectivity index (χ1v) is 5.12. The standard InChI is InChI=1S/C10H12N4O3/c11-13-12-9-5-4-8(3-1-2-6-15)10(7-9)14(16)17/h4-5,7,15H,1-3,6H2. The normalized spacial score (nSPS) is 9.71. The topological polar surface area (TPSA) is 112 Å². The second-order valence-electron chi connectivity index (χ2n) is 3.44. The molecule has 0 aliphatic rings. The Hall–Kier alpha value is -2.11. The molecule has 0 aliphatic heterocycles. The Morgan fingerprint density at radius 3 is 2.82 bits per heavy atom. The van der Waals surface area contributed by atoms with Gasteiger partial charge in [0.2, 0.25) is 0 Å². The first-order valence-electron chi connectivity index (χ1n) is 5.12. The molecule has 0 spiro atoms. The molecule has 1 aromatic carbocycles. The number of hydrogen-bond acceptors (Lipinski definition) is 4. The first-order chi connectivity index (χ1) is 8.19. The molecule has 0 heterocycles. The van der Waals surface area contributed by atoms with Crippen molar-refractivity contribution in [3.05, 3.63) is 44.3 Å². The smallest absolute Gasteiger partial charge is 0.273 e. The number of benzene rings is 1. The fraction of sp³-hybridized carbons (Fsp3) is 0.400. The van der Waals surface area contributed by atoms with Crippen LogP contribution in [0.4, 0.5) is 11.4 Å². The van der Waals surface area contributed by atoms with Crippen LogP contribution in [0.5, 0.6) is 0 Å². The molecule has 1 rings (SSSR count). The van der Waals surface area contributed by atoms with Crippen molar-refractivity contribution < 1.29 is 10.0 Å². The quantitative estimate of drug-likeness (QED) is 0.204. The second kappa shape index (κ2) is 6.47. The van der Waals surface area contributed by atoms with Crippen LogP contribution in [0.2, 0.25) is 0 Å². The average molecular weight is 236 g/mol. The van der Waals surface area contributed by atoms with Crippen LogP contribution in [0.3, 0.4) is 0 Å². The highest BCUT2D eigenvalue weighted by Crippen LogP contribution is 2.26. The van der Waals surface area contributed by atoms with Crippen molar-refractivity contribution in [2.75, 3.05) is 6.61 Å². The lowest BCUT2D eigenvalue weighted by Gasteiger charge is -2.03. The third-order valence-electron chi connectivity index (χ3n) is 2.28. The van der Waals surface area contributed by atoms with Gasteiger partial charge in [-0.05, 0) is 24.8 Å². The number of unbranched alkanes of at least 4 members (excludes halogenated alkanes) is 1. The molecule has 17 heavy (non-hydrogen) atoms. The zero-order valence-electron chi connectivity index (χ0n) is 9.11. The van der Waals surface area contributed by atoms with E-state index in [0.717, 1.165) is 0 Å². The van der Waals surface area contributed by atoms with E-state index in [2.05, 4.69) is 10.0 Å². The van der Waals surface area contributed by atoms with Gasteiger partial charge in [-0.3, -0.25) is 10.1 Å². The molecular formula is C10H12N4O3. The van der Waals surface area contributed by atoms with Crippen molar-refractivity contribution in [1.29, 1.82) is 0 Å². The minimum atomic E-state index is -0.495. The average Bonchev–Trinajstić information content (AvgIpc) is 2.31. The molecule has 0 radical (unpaired) electrons. The van der Waals surface area contributed by atoms with E-state index in [1.165, 1.54) is 6.07 Å². The Balaban J connectivity index is 2.96. The minimum absolute atomic E-state index is 0.0483. The fourth-order valence-corrected chi connectivity index (χ4v) is 1.47. The minimum Gasteiger partial charge on any atom is -0.396 e. The maximum Gasteiger partial charge on any atom is 0.273 e. The third kappa shape index (κ3) is 3.75. The number of azide groups is 1. The van der Waals surface area contributed by atoms with Gasteiger partial charge >= 0.3 is 0 Å². The maximum atomic E-state index is 10.8. The molecule has 0 unspecified atom stereocenters. The van der Waals surface area contributed by atoms with E-state index in [-0.39, 0.29) is 18.0 Å². The Morgan fingerprint density at radius 2 is 2.24 bits per heavy atom. The molecule has 7 heteroatoms. The van der Waals surface area contributed by atoms with Crippen molar-refractivity contribution in [2.45, 2.75) is 19.3 Å². The Morgan fingerprint density at radius 1 is 1.47 bits per heavy atom. The van der Waals surface area contributed by atoms with E-state index >= 15 is 0 Å². The number of aryl methyl sites for hydroxylation is 1. The lowest BCUT2D eigenvalue weighted by atomic mass is 10.1. The largest absolute Gasteiger partial charge is 0.396 e. The highest BCUT2D eigenvalue weighted by molar-refractivity contribution is 5.52. The number of nitrogens with zero attached hydrogens (tertiary/aromatic N) is 4. The molecule has 0 atom stereocenters. The molecular weight excluding hydrogens is 224 g/mol. The summed E-state index contributed by atoms with van der Waals surface area (Å²) < 4.78 is 0. The summed E-state index contributed by atoms with van der Waals surface area (Å²) in [6.45, 7) is 0.0740. The van der Waals surface area contributed by atoms with E-state index in [1.54, 1.807) is 12.1 Å². The van der Waals surface area contributed by atoms with Gasteiger partial charge in [0.1, 0.15) is 0 Å². The highest BCUT2D eigenvalue weighted by Gasteiger charge is 2.13. The maximum absolute atomic E-state index is 10.8. The monoisotopic (exact) mass is 236 g/mol. The summed E-state index contributed by atoms with van der Waals surface area (Å²) in [6, 6.07) is 4.38. The van der Waals surface area contributed by atoms with Crippen molar-refractivity contribution in [3.63, 3.8) is 0 Å². The zero-order valence-corrected chi connectivity index (χ0v) is 9.11. The first kappa shape index (κ1) is 13.0. The summed E-state index contributed by atoms with van der Waals surface area (Å²) >= 11 is 0. The fourth-order valence-electron chi connectivity index (χ4n) is 1.47. The van der Waals surface area contributed by atoms with Crippen molar-refractivity contribution in [1.82, 2.24) is 0 Å². The second-order valence-corrected chi connectivity index (χ2v) is 3.44. The molecule has 0 bridgehead atoms. The summed E-state index contributed by atoms with van der Waals surface area (Å²) in [4.78, 5) is 12.9. The van der Waals surface area contributed by atoms with Crippen LogP contribution >= 0.6 is 0 Å². The molecule has 1 aromatic rings. The molecule has 1 N–H and O–H groups in total. The van der Waals surface area contributed by atoms with Gasteiger partial charge in [-0.15, -0.1) is 0 Å². The van der Waals surface area contributed by atoms with Gasteiger partial charge in [0, 0.05) is 28.8 Å². The number of hydrogen-bond donors (Lipinski definition) is 1. The Kier molecular flexibility index (Phi) is 4.93. The molecule has 0 saturated carbocycles. The van der Waals surface area contributed by atoms with Crippen LogP contribution in [-0.2, 0) is 6.42 Å². The van der Waals surface area contributed by atoms with Crippen LogP contribution in [0, 0.1) is 10.1 Å². The molecule has 0 amide bonds. The summed E-state index contributed by atoms with van der Waals surface area (Å²) in [5, 5.41) is 22.8. The summed E-state index contributed by atoms with van der Waals surface area (Å²) in [7, 11) is 0. The van der Waals surface area contributed by atoms with E-state index in [1.807, 2.05) is 0 Å². The van der Waals surface area contributed by atoms with Crippen LogP contribution in [0.25, 0.3) is 10.4 Å². The van der Waals surface area contributed by atoms with Gasteiger partial charge in [-0.2, -0.15) is 0 Å². The molecule has 0 fully saturated rings. The zero-order chi connectivity index (χ0) is 12.7. The molecule has 0 saturated heterocycles. The Labute approximate surface area is 97.5 Å². The summed E-state index contributed by atoms with van der Waals surface area (Å²) in [5.74, 6) is 0. The number of aliphatic hydroxyl groups excluding tert-OH is 1. The number of rotatable bonds is 6. The van der Waals surface area contributed by atoms with Crippen LogP contribution in [0.15, 0.2) is 23.3 Å². The van der Waals surface area contributed by atoms with Gasteiger partial charge < -0.3 is 5.11 Å². The van der Waals surface area contributed by atoms with Crippen LogP contribution in [-0.4, -0.2) is 16.6 Å². The molecule has 0 aromatic heterocycles. The lowest BCUT2D eigenvalue weighted by Crippen LogP contribution is -1.96. The van der Waals surface area contributed by atoms with Crippen LogP contribution in [0.1, 0.15) is 18.4 Å². The van der Waals surface area contributed by atoms with Gasteiger partial charge in [0.25, 0.3) is 5.69 Å². The van der Waals surface area contributed by atoms with E-state index in [0.29, 0.717) is 24.8 Å². The Bertz CT molecular complexity index is 455. The van der Waals surface area contributed by atoms with Crippen LogP contribution < -0.4 is 0 Å². The van der Waals surface area contributed by atoms with E-state index in [4.69, 9.17) is 10.6 Å².